The second-order valence-electron chi connectivity index (χ2n) is 4.25. The summed E-state index contributed by atoms with van der Waals surface area (Å²) in [6.45, 7) is 2.01. The number of hydrogen-bond donors (Lipinski definition) is 1. The molecule has 0 atom stereocenters. The lowest BCUT2D eigenvalue weighted by molar-refractivity contribution is -0.385. The highest BCUT2D eigenvalue weighted by atomic mass is 16.6. The number of benzene rings is 2. The van der Waals surface area contributed by atoms with Gasteiger partial charge in [0.05, 0.1) is 4.92 Å². The summed E-state index contributed by atoms with van der Waals surface area (Å²) in [5.74, 6) is -0.322. The Labute approximate surface area is 110 Å². The van der Waals surface area contributed by atoms with E-state index in [9.17, 15) is 15.2 Å². The van der Waals surface area contributed by atoms with Gasteiger partial charge in [-0.15, -0.1) is 0 Å². The summed E-state index contributed by atoms with van der Waals surface area (Å²) in [5, 5.41) is 20.1. The van der Waals surface area contributed by atoms with Crippen molar-refractivity contribution in [1.82, 2.24) is 0 Å². The zero-order valence-electron chi connectivity index (χ0n) is 10.4. The lowest BCUT2D eigenvalue weighted by Gasteiger charge is -1.98. The predicted octanol–water partition coefficient (Wildman–Crippen LogP) is 3.78. The molecular formula is C15H13NO3. The van der Waals surface area contributed by atoms with Gasteiger partial charge in [-0.3, -0.25) is 10.1 Å². The fourth-order valence-corrected chi connectivity index (χ4v) is 1.66. The highest BCUT2D eigenvalue weighted by molar-refractivity contribution is 5.71. The largest absolute Gasteiger partial charge is 0.502 e. The first-order chi connectivity index (χ1) is 9.06. The van der Waals surface area contributed by atoms with Crippen LogP contribution in [-0.2, 0) is 0 Å². The van der Waals surface area contributed by atoms with Crippen LogP contribution < -0.4 is 0 Å². The van der Waals surface area contributed by atoms with E-state index in [-0.39, 0.29) is 11.4 Å². The second kappa shape index (κ2) is 5.35. The molecular weight excluding hydrogens is 242 g/mol. The fourth-order valence-electron chi connectivity index (χ4n) is 1.66. The molecule has 0 radical (unpaired) electrons. The van der Waals surface area contributed by atoms with Crippen molar-refractivity contribution in [2.75, 3.05) is 0 Å². The molecule has 0 unspecified atom stereocenters. The molecule has 0 bridgehead atoms. The first-order valence-corrected chi connectivity index (χ1v) is 5.78. The minimum Gasteiger partial charge on any atom is -0.502 e. The van der Waals surface area contributed by atoms with E-state index in [4.69, 9.17) is 0 Å². The van der Waals surface area contributed by atoms with Crippen molar-refractivity contribution >= 4 is 17.8 Å². The monoisotopic (exact) mass is 255 g/mol. The van der Waals surface area contributed by atoms with Crippen LogP contribution in [0.1, 0.15) is 16.7 Å². The number of phenols is 1. The van der Waals surface area contributed by atoms with Gasteiger partial charge in [-0.25, -0.2) is 0 Å². The summed E-state index contributed by atoms with van der Waals surface area (Å²) in [7, 11) is 0. The average molecular weight is 255 g/mol. The Morgan fingerprint density at radius 2 is 1.63 bits per heavy atom. The third kappa shape index (κ3) is 3.19. The Morgan fingerprint density at radius 1 is 1.05 bits per heavy atom. The maximum atomic E-state index is 10.7. The predicted molar refractivity (Wildman–Crippen MR) is 74.9 cm³/mol. The number of aromatic hydroxyl groups is 1. The van der Waals surface area contributed by atoms with E-state index in [1.807, 2.05) is 37.3 Å². The molecule has 96 valence electrons. The second-order valence-corrected chi connectivity index (χ2v) is 4.25. The molecule has 0 saturated heterocycles. The van der Waals surface area contributed by atoms with Crippen molar-refractivity contribution in [2.45, 2.75) is 6.92 Å². The number of phenolic OH excluding ortho intramolecular Hbond substituents is 1. The Bertz CT molecular complexity index is 630. The third-order valence-electron chi connectivity index (χ3n) is 2.74. The summed E-state index contributed by atoms with van der Waals surface area (Å²) in [4.78, 5) is 10.1. The number of aryl methyl sites for hydroxylation is 1. The lowest BCUT2D eigenvalue weighted by atomic mass is 10.1. The maximum Gasteiger partial charge on any atom is 0.311 e. The topological polar surface area (TPSA) is 63.4 Å². The van der Waals surface area contributed by atoms with Crippen molar-refractivity contribution in [1.29, 1.82) is 0 Å². The minimum atomic E-state index is -0.599. The Kier molecular flexibility index (Phi) is 3.61. The Balaban J connectivity index is 2.26. The van der Waals surface area contributed by atoms with Gasteiger partial charge in [-0.1, -0.05) is 48.0 Å². The molecule has 4 heteroatoms. The van der Waals surface area contributed by atoms with Crippen LogP contribution in [0, 0.1) is 17.0 Å². The van der Waals surface area contributed by atoms with Crippen LogP contribution in [0.15, 0.2) is 42.5 Å². The molecule has 2 rings (SSSR count). The zero-order valence-corrected chi connectivity index (χ0v) is 10.4. The standard InChI is InChI=1S/C15H13NO3/c1-11-2-4-12(5-3-11)6-7-13-8-9-15(17)14(10-13)16(18)19/h2-10,17H,1H3/b7-6+. The van der Waals surface area contributed by atoms with Crippen molar-refractivity contribution in [3.05, 3.63) is 69.3 Å². The first-order valence-electron chi connectivity index (χ1n) is 5.78. The zero-order chi connectivity index (χ0) is 13.8. The molecule has 0 fully saturated rings. The van der Waals surface area contributed by atoms with Crippen LogP contribution in [-0.4, -0.2) is 10.0 Å². The van der Waals surface area contributed by atoms with Gasteiger partial charge >= 0.3 is 5.69 Å². The van der Waals surface area contributed by atoms with Crippen molar-refractivity contribution < 1.29 is 10.0 Å². The van der Waals surface area contributed by atoms with Crippen molar-refractivity contribution in [3.8, 4) is 5.75 Å². The van der Waals surface area contributed by atoms with E-state index in [1.54, 1.807) is 12.1 Å². The minimum absolute atomic E-state index is 0.286. The normalized spacial score (nSPS) is 10.8. The van der Waals surface area contributed by atoms with Crippen LogP contribution in [0.25, 0.3) is 12.2 Å². The summed E-state index contributed by atoms with van der Waals surface area (Å²) in [5.41, 5.74) is 2.58. The van der Waals surface area contributed by atoms with Crippen molar-refractivity contribution in [2.24, 2.45) is 0 Å². The van der Waals surface area contributed by atoms with Gasteiger partial charge in [0.25, 0.3) is 0 Å². The Hall–Kier alpha value is -2.62. The van der Waals surface area contributed by atoms with Gasteiger partial charge in [-0.2, -0.15) is 0 Å². The molecule has 19 heavy (non-hydrogen) atoms. The van der Waals surface area contributed by atoms with Gasteiger partial charge < -0.3 is 5.11 Å². The summed E-state index contributed by atoms with van der Waals surface area (Å²) >= 11 is 0. The van der Waals surface area contributed by atoms with E-state index in [0.29, 0.717) is 5.56 Å². The lowest BCUT2D eigenvalue weighted by Crippen LogP contribution is -1.88. The van der Waals surface area contributed by atoms with E-state index in [0.717, 1.165) is 5.56 Å². The molecule has 2 aromatic carbocycles. The molecule has 1 N–H and O–H groups in total. The molecule has 0 aliphatic rings. The molecule has 4 nitrogen and oxygen atoms in total. The van der Waals surface area contributed by atoms with Crippen LogP contribution in [0.4, 0.5) is 5.69 Å². The van der Waals surface area contributed by atoms with Crippen LogP contribution >= 0.6 is 0 Å². The molecule has 0 aliphatic carbocycles. The summed E-state index contributed by atoms with van der Waals surface area (Å²) in [6.07, 6.45) is 3.65. The highest BCUT2D eigenvalue weighted by Gasteiger charge is 2.12. The van der Waals surface area contributed by atoms with Crippen LogP contribution in [0.2, 0.25) is 0 Å². The first kappa shape index (κ1) is 12.8. The van der Waals surface area contributed by atoms with Gasteiger partial charge in [0, 0.05) is 6.07 Å². The highest BCUT2D eigenvalue weighted by Crippen LogP contribution is 2.27. The van der Waals surface area contributed by atoms with E-state index in [1.165, 1.54) is 17.7 Å². The molecule has 0 aromatic heterocycles. The van der Waals surface area contributed by atoms with Crippen LogP contribution in [0.3, 0.4) is 0 Å². The summed E-state index contributed by atoms with van der Waals surface area (Å²) < 4.78 is 0. The summed E-state index contributed by atoms with van der Waals surface area (Å²) in [6, 6.07) is 12.2. The molecule has 0 heterocycles. The van der Waals surface area contributed by atoms with Gasteiger partial charge in [0.1, 0.15) is 0 Å². The number of rotatable bonds is 3. The number of hydrogen-bond acceptors (Lipinski definition) is 3. The van der Waals surface area contributed by atoms with Gasteiger partial charge in [0.15, 0.2) is 5.75 Å². The van der Waals surface area contributed by atoms with Crippen molar-refractivity contribution in [3.63, 3.8) is 0 Å². The van der Waals surface area contributed by atoms with E-state index in [2.05, 4.69) is 0 Å². The average Bonchev–Trinajstić information content (AvgIpc) is 2.39. The molecule has 0 aliphatic heterocycles. The van der Waals surface area contributed by atoms with E-state index >= 15 is 0 Å². The maximum absolute atomic E-state index is 10.7. The van der Waals surface area contributed by atoms with Gasteiger partial charge in [0.2, 0.25) is 0 Å². The van der Waals surface area contributed by atoms with E-state index < -0.39 is 4.92 Å². The molecule has 0 amide bonds. The quantitative estimate of drug-likeness (QED) is 0.515. The van der Waals surface area contributed by atoms with Crippen LogP contribution in [0.5, 0.6) is 5.75 Å². The number of nitrogens with zero attached hydrogens (tertiary/aromatic N) is 1. The Morgan fingerprint density at radius 3 is 2.26 bits per heavy atom. The number of nitro groups is 1. The number of nitro benzene ring substituents is 1. The molecule has 0 spiro atoms. The molecule has 2 aromatic rings. The fraction of sp³-hybridized carbons (Fsp3) is 0.0667. The smallest absolute Gasteiger partial charge is 0.311 e. The van der Waals surface area contributed by atoms with Gasteiger partial charge in [-0.05, 0) is 24.1 Å². The SMILES string of the molecule is Cc1ccc(/C=C/c2ccc(O)c([N+](=O)[O-])c2)cc1. The molecule has 0 saturated carbocycles. The third-order valence-corrected chi connectivity index (χ3v) is 2.74.